The van der Waals surface area contributed by atoms with E-state index < -0.39 is 13.1 Å². The standard InChI is InChI=1S/C8H8BBrO4/c1-14-8(11)6-4-5(10)2-3-7(6)9(12)13/h2-4,12-13H,1H3. The van der Waals surface area contributed by atoms with Crippen molar-refractivity contribution in [2.24, 2.45) is 0 Å². The maximum Gasteiger partial charge on any atom is 0.489 e. The van der Waals surface area contributed by atoms with E-state index in [2.05, 4.69) is 20.7 Å². The van der Waals surface area contributed by atoms with Crippen LogP contribution in [0, 0.1) is 0 Å². The molecule has 0 saturated heterocycles. The zero-order chi connectivity index (χ0) is 10.7. The molecule has 1 rings (SSSR count). The lowest BCUT2D eigenvalue weighted by Crippen LogP contribution is -2.34. The Morgan fingerprint density at radius 2 is 2.14 bits per heavy atom. The lowest BCUT2D eigenvalue weighted by molar-refractivity contribution is 0.0601. The summed E-state index contributed by atoms with van der Waals surface area (Å²) in [4.78, 5) is 11.2. The molecule has 4 nitrogen and oxygen atoms in total. The smallest absolute Gasteiger partial charge is 0.465 e. The molecular weight excluding hydrogens is 251 g/mol. The summed E-state index contributed by atoms with van der Waals surface area (Å²) in [6.07, 6.45) is 0. The zero-order valence-electron chi connectivity index (χ0n) is 7.40. The van der Waals surface area contributed by atoms with E-state index in [0.29, 0.717) is 4.47 Å². The Balaban J connectivity index is 3.22. The molecule has 6 heteroatoms. The van der Waals surface area contributed by atoms with Crippen LogP contribution in [0.3, 0.4) is 0 Å². The van der Waals surface area contributed by atoms with E-state index in [0.717, 1.165) is 0 Å². The second-order valence-electron chi connectivity index (χ2n) is 2.60. The fraction of sp³-hybridized carbons (Fsp3) is 0.125. The summed E-state index contributed by atoms with van der Waals surface area (Å²) in [6.45, 7) is 0. The maximum absolute atomic E-state index is 11.2. The molecule has 2 N–H and O–H groups in total. The van der Waals surface area contributed by atoms with Gasteiger partial charge in [-0.3, -0.25) is 0 Å². The number of carbonyl (C=O) groups excluding carboxylic acids is 1. The molecule has 0 aliphatic heterocycles. The lowest BCUT2D eigenvalue weighted by atomic mass is 9.77. The van der Waals surface area contributed by atoms with E-state index in [4.69, 9.17) is 10.0 Å². The van der Waals surface area contributed by atoms with Crippen molar-refractivity contribution in [3.63, 3.8) is 0 Å². The maximum atomic E-state index is 11.2. The molecule has 0 aromatic heterocycles. The molecule has 0 amide bonds. The molecule has 0 heterocycles. The zero-order valence-corrected chi connectivity index (χ0v) is 8.98. The predicted molar refractivity (Wildman–Crippen MR) is 55.3 cm³/mol. The van der Waals surface area contributed by atoms with Crippen molar-refractivity contribution in [1.82, 2.24) is 0 Å². The van der Waals surface area contributed by atoms with Crippen LogP contribution >= 0.6 is 15.9 Å². The second-order valence-corrected chi connectivity index (χ2v) is 3.51. The predicted octanol–water partition coefficient (Wildman–Crippen LogP) is -0.0845. The fourth-order valence-corrected chi connectivity index (χ4v) is 1.40. The number of rotatable bonds is 2. The average molecular weight is 259 g/mol. The SMILES string of the molecule is COC(=O)c1cc(Br)ccc1B(O)O. The molecule has 0 saturated carbocycles. The van der Waals surface area contributed by atoms with E-state index in [1.165, 1.54) is 19.2 Å². The van der Waals surface area contributed by atoms with Gasteiger partial charge in [-0.25, -0.2) is 4.79 Å². The Morgan fingerprint density at radius 3 is 2.64 bits per heavy atom. The van der Waals surface area contributed by atoms with Crippen LogP contribution in [0.5, 0.6) is 0 Å². The van der Waals surface area contributed by atoms with Gasteiger partial charge in [0.25, 0.3) is 0 Å². The number of benzene rings is 1. The van der Waals surface area contributed by atoms with Crippen molar-refractivity contribution in [3.8, 4) is 0 Å². The third-order valence-electron chi connectivity index (χ3n) is 1.70. The summed E-state index contributed by atoms with van der Waals surface area (Å²) < 4.78 is 5.17. The molecule has 0 radical (unpaired) electrons. The van der Waals surface area contributed by atoms with Crippen LogP contribution in [-0.4, -0.2) is 30.2 Å². The molecule has 1 aromatic rings. The molecule has 14 heavy (non-hydrogen) atoms. The van der Waals surface area contributed by atoms with E-state index in [-0.39, 0.29) is 11.0 Å². The Labute approximate surface area is 89.8 Å². The van der Waals surface area contributed by atoms with Crippen LogP contribution in [0.1, 0.15) is 10.4 Å². The minimum atomic E-state index is -1.68. The van der Waals surface area contributed by atoms with Crippen LogP contribution in [0.2, 0.25) is 0 Å². The van der Waals surface area contributed by atoms with Crippen LogP contribution in [0.25, 0.3) is 0 Å². The van der Waals surface area contributed by atoms with Crippen LogP contribution in [0.15, 0.2) is 22.7 Å². The third-order valence-corrected chi connectivity index (χ3v) is 2.19. The van der Waals surface area contributed by atoms with Gasteiger partial charge >= 0.3 is 13.1 Å². The molecule has 0 aliphatic carbocycles. The first-order chi connectivity index (χ1) is 6.56. The lowest BCUT2D eigenvalue weighted by Gasteiger charge is -2.06. The number of ether oxygens (including phenoxy) is 1. The number of hydrogen-bond donors (Lipinski definition) is 2. The van der Waals surface area contributed by atoms with Gasteiger partial charge in [-0.15, -0.1) is 0 Å². The second kappa shape index (κ2) is 4.59. The number of hydrogen-bond acceptors (Lipinski definition) is 4. The molecule has 74 valence electrons. The number of esters is 1. The van der Waals surface area contributed by atoms with Crippen molar-refractivity contribution in [3.05, 3.63) is 28.2 Å². The minimum Gasteiger partial charge on any atom is -0.465 e. The van der Waals surface area contributed by atoms with Gasteiger partial charge in [-0.2, -0.15) is 0 Å². The molecule has 0 aliphatic rings. The number of carbonyl (C=O) groups is 1. The van der Waals surface area contributed by atoms with Gasteiger partial charge < -0.3 is 14.8 Å². The van der Waals surface area contributed by atoms with Crippen LogP contribution in [0.4, 0.5) is 0 Å². The van der Waals surface area contributed by atoms with Crippen LogP contribution < -0.4 is 5.46 Å². The number of halogens is 1. The molecule has 0 atom stereocenters. The Kier molecular flexibility index (Phi) is 3.68. The van der Waals surface area contributed by atoms with Gasteiger partial charge in [0.15, 0.2) is 0 Å². The van der Waals surface area contributed by atoms with Crippen LogP contribution in [-0.2, 0) is 4.74 Å². The Bertz CT molecular complexity index is 353. The highest BCUT2D eigenvalue weighted by Crippen LogP contribution is 2.11. The molecule has 0 unspecified atom stereocenters. The summed E-state index contributed by atoms with van der Waals surface area (Å²) in [7, 11) is -0.450. The highest BCUT2D eigenvalue weighted by atomic mass is 79.9. The van der Waals surface area contributed by atoms with Gasteiger partial charge in [-0.1, -0.05) is 22.0 Å². The first-order valence-corrected chi connectivity index (χ1v) is 4.59. The normalized spacial score (nSPS) is 9.71. The van der Waals surface area contributed by atoms with Crippen molar-refractivity contribution in [1.29, 1.82) is 0 Å². The van der Waals surface area contributed by atoms with Crippen molar-refractivity contribution in [2.75, 3.05) is 7.11 Å². The first-order valence-electron chi connectivity index (χ1n) is 3.80. The molecule has 0 fully saturated rings. The van der Waals surface area contributed by atoms with E-state index in [1.807, 2.05) is 0 Å². The van der Waals surface area contributed by atoms with E-state index in [9.17, 15) is 4.79 Å². The van der Waals surface area contributed by atoms with Gasteiger partial charge in [-0.05, 0) is 17.6 Å². The van der Waals surface area contributed by atoms with Crippen molar-refractivity contribution in [2.45, 2.75) is 0 Å². The number of methoxy groups -OCH3 is 1. The summed E-state index contributed by atoms with van der Waals surface area (Å²) in [5.41, 5.74) is 0.261. The van der Waals surface area contributed by atoms with E-state index >= 15 is 0 Å². The van der Waals surface area contributed by atoms with Crippen molar-refractivity contribution < 1.29 is 19.6 Å². The van der Waals surface area contributed by atoms with Gasteiger partial charge in [0, 0.05) is 4.47 Å². The molecule has 1 aromatic carbocycles. The highest BCUT2D eigenvalue weighted by Gasteiger charge is 2.20. The summed E-state index contributed by atoms with van der Waals surface area (Å²) in [5, 5.41) is 17.9. The summed E-state index contributed by atoms with van der Waals surface area (Å²) in [6, 6.07) is 4.53. The third kappa shape index (κ3) is 2.34. The quantitative estimate of drug-likeness (QED) is 0.575. The van der Waals surface area contributed by atoms with Gasteiger partial charge in [0.2, 0.25) is 0 Å². The molecule has 0 spiro atoms. The molecule has 0 bridgehead atoms. The highest BCUT2D eigenvalue weighted by molar-refractivity contribution is 9.10. The first kappa shape index (κ1) is 11.2. The largest absolute Gasteiger partial charge is 0.489 e. The van der Waals surface area contributed by atoms with Gasteiger partial charge in [0.05, 0.1) is 12.7 Å². The minimum absolute atomic E-state index is 0.125. The average Bonchev–Trinajstić information content (AvgIpc) is 2.16. The topological polar surface area (TPSA) is 66.8 Å². The summed E-state index contributed by atoms with van der Waals surface area (Å²) in [5.74, 6) is -0.602. The summed E-state index contributed by atoms with van der Waals surface area (Å²) >= 11 is 3.17. The monoisotopic (exact) mass is 258 g/mol. The van der Waals surface area contributed by atoms with E-state index in [1.54, 1.807) is 6.07 Å². The van der Waals surface area contributed by atoms with Crippen molar-refractivity contribution >= 4 is 34.5 Å². The Hall–Kier alpha value is -0.845. The fourth-order valence-electron chi connectivity index (χ4n) is 1.04. The Morgan fingerprint density at radius 1 is 1.50 bits per heavy atom. The molecular formula is C8H8BBrO4. The van der Waals surface area contributed by atoms with Gasteiger partial charge in [0.1, 0.15) is 0 Å².